The number of amides is 1. The number of likely N-dealkylation sites (N-methyl/N-ethyl adjacent to an activating group) is 1. The van der Waals surface area contributed by atoms with Gasteiger partial charge < -0.3 is 9.64 Å². The maximum absolute atomic E-state index is 11.7. The number of hydrogen-bond acceptors (Lipinski definition) is 5. The number of thiazole rings is 1. The monoisotopic (exact) mass is 321 g/mol. The molecule has 0 radical (unpaired) electrons. The summed E-state index contributed by atoms with van der Waals surface area (Å²) < 4.78 is 5.68. The first kappa shape index (κ1) is 14.5. The number of fused-ring (bicyclic) bond motifs is 1. The summed E-state index contributed by atoms with van der Waals surface area (Å²) in [6.07, 6.45) is 6.85. The van der Waals surface area contributed by atoms with Crippen LogP contribution in [0, 0.1) is 0 Å². The second-order valence-corrected chi connectivity index (χ2v) is 8.07. The van der Waals surface area contributed by atoms with Gasteiger partial charge in [0, 0.05) is 18.5 Å². The van der Waals surface area contributed by atoms with Gasteiger partial charge in [-0.05, 0) is 45.1 Å². The Balaban J connectivity index is 1.45. The predicted molar refractivity (Wildman–Crippen MR) is 85.1 cm³/mol. The lowest BCUT2D eigenvalue weighted by atomic mass is 9.93. The Morgan fingerprint density at radius 3 is 2.91 bits per heavy atom. The number of piperidine rings is 1. The van der Waals surface area contributed by atoms with Gasteiger partial charge in [0.25, 0.3) is 0 Å². The van der Waals surface area contributed by atoms with E-state index >= 15 is 0 Å². The maximum Gasteiger partial charge on any atom is 0.410 e. The molecule has 0 N–H and O–H groups in total. The molecule has 1 aliphatic carbocycles. The summed E-state index contributed by atoms with van der Waals surface area (Å²) in [6.45, 7) is 3.54. The van der Waals surface area contributed by atoms with E-state index in [-0.39, 0.29) is 11.7 Å². The van der Waals surface area contributed by atoms with Crippen molar-refractivity contribution in [3.05, 3.63) is 15.6 Å². The first-order valence-corrected chi connectivity index (χ1v) is 9.09. The molecule has 1 amide bonds. The molecule has 1 aromatic heterocycles. The Morgan fingerprint density at radius 2 is 2.14 bits per heavy atom. The molecule has 2 aliphatic heterocycles. The number of aryl methyl sites for hydroxylation is 2. The molecular formula is C16H23N3O2S. The Bertz CT molecular complexity index is 564. The highest BCUT2D eigenvalue weighted by molar-refractivity contribution is 7.11. The highest BCUT2D eigenvalue weighted by Crippen LogP contribution is 2.33. The van der Waals surface area contributed by atoms with E-state index in [0.29, 0.717) is 0 Å². The summed E-state index contributed by atoms with van der Waals surface area (Å²) >= 11 is 1.89. The number of rotatable bonds is 2. The average Bonchev–Trinajstić information content (AvgIpc) is 3.00. The maximum atomic E-state index is 11.7. The van der Waals surface area contributed by atoms with Crippen molar-refractivity contribution >= 4 is 17.4 Å². The van der Waals surface area contributed by atoms with E-state index in [1.807, 2.05) is 18.4 Å². The Kier molecular flexibility index (Phi) is 3.61. The largest absolute Gasteiger partial charge is 0.440 e. The minimum absolute atomic E-state index is 0.174. The molecule has 22 heavy (non-hydrogen) atoms. The van der Waals surface area contributed by atoms with Gasteiger partial charge >= 0.3 is 6.09 Å². The van der Waals surface area contributed by atoms with Crippen molar-refractivity contribution in [3.63, 3.8) is 0 Å². The van der Waals surface area contributed by atoms with E-state index in [1.165, 1.54) is 34.8 Å². The van der Waals surface area contributed by atoms with Gasteiger partial charge in [0.1, 0.15) is 10.6 Å². The van der Waals surface area contributed by atoms with E-state index in [2.05, 4.69) is 4.90 Å². The zero-order chi connectivity index (χ0) is 15.2. The summed E-state index contributed by atoms with van der Waals surface area (Å²) in [5.41, 5.74) is 1.05. The van der Waals surface area contributed by atoms with E-state index in [0.717, 1.165) is 45.4 Å². The van der Waals surface area contributed by atoms with Gasteiger partial charge in [-0.15, -0.1) is 11.3 Å². The fraction of sp³-hybridized carbons (Fsp3) is 0.750. The van der Waals surface area contributed by atoms with Crippen LogP contribution in [0.3, 0.4) is 0 Å². The number of aromatic nitrogens is 1. The summed E-state index contributed by atoms with van der Waals surface area (Å²) in [4.78, 5) is 22.2. The van der Waals surface area contributed by atoms with Crippen LogP contribution in [0.15, 0.2) is 0 Å². The normalized spacial score (nSPS) is 29.0. The topological polar surface area (TPSA) is 45.7 Å². The Morgan fingerprint density at radius 1 is 1.27 bits per heavy atom. The van der Waals surface area contributed by atoms with Crippen molar-refractivity contribution in [2.75, 3.05) is 26.7 Å². The highest BCUT2D eigenvalue weighted by atomic mass is 32.1. The highest BCUT2D eigenvalue weighted by Gasteiger charge is 2.46. The molecule has 3 aliphatic rings. The lowest BCUT2D eigenvalue weighted by molar-refractivity contribution is -0.0113. The van der Waals surface area contributed by atoms with E-state index < -0.39 is 0 Å². The first-order valence-electron chi connectivity index (χ1n) is 8.27. The van der Waals surface area contributed by atoms with E-state index in [1.54, 1.807) is 4.90 Å². The van der Waals surface area contributed by atoms with Crippen molar-refractivity contribution in [3.8, 4) is 0 Å². The molecule has 1 spiro atoms. The third kappa shape index (κ3) is 2.63. The van der Waals surface area contributed by atoms with Crippen molar-refractivity contribution in [2.45, 2.75) is 50.7 Å². The Labute approximate surface area is 135 Å². The summed E-state index contributed by atoms with van der Waals surface area (Å²) in [6, 6.07) is 0. The molecule has 2 fully saturated rings. The SMILES string of the molecule is CN1CC2(CCCN(Cc3nc4c(s3)CCCC4)C2)OC1=O. The van der Waals surface area contributed by atoms with Crippen LogP contribution in [-0.4, -0.2) is 53.2 Å². The van der Waals surface area contributed by atoms with Gasteiger partial charge in [-0.3, -0.25) is 4.90 Å². The molecule has 1 unspecified atom stereocenters. The van der Waals surface area contributed by atoms with Crippen LogP contribution in [0.2, 0.25) is 0 Å². The third-order valence-corrected chi connectivity index (χ3v) is 6.15. The summed E-state index contributed by atoms with van der Waals surface area (Å²) in [5, 5.41) is 1.24. The molecule has 0 aromatic carbocycles. The van der Waals surface area contributed by atoms with Crippen LogP contribution in [0.5, 0.6) is 0 Å². The zero-order valence-electron chi connectivity index (χ0n) is 13.1. The number of carbonyl (C=O) groups is 1. The molecule has 6 heteroatoms. The van der Waals surface area contributed by atoms with Gasteiger partial charge in [0.2, 0.25) is 0 Å². The molecule has 2 saturated heterocycles. The molecule has 5 nitrogen and oxygen atoms in total. The van der Waals surface area contributed by atoms with Crippen molar-refractivity contribution in [1.82, 2.24) is 14.8 Å². The van der Waals surface area contributed by atoms with Gasteiger partial charge in [-0.25, -0.2) is 9.78 Å². The number of hydrogen-bond donors (Lipinski definition) is 0. The van der Waals surface area contributed by atoms with Crippen LogP contribution >= 0.6 is 11.3 Å². The third-order valence-electron chi connectivity index (χ3n) is 5.01. The number of likely N-dealkylation sites (tertiary alicyclic amines) is 1. The fourth-order valence-corrected chi connectivity index (χ4v) is 5.19. The van der Waals surface area contributed by atoms with Gasteiger partial charge in [0.05, 0.1) is 18.8 Å². The molecule has 4 rings (SSSR count). The van der Waals surface area contributed by atoms with Crippen molar-refractivity contribution in [1.29, 1.82) is 0 Å². The molecule has 0 bridgehead atoms. The molecule has 1 atom stereocenters. The summed E-state index contributed by atoms with van der Waals surface area (Å²) in [7, 11) is 1.82. The second-order valence-electron chi connectivity index (χ2n) is 6.91. The van der Waals surface area contributed by atoms with Gasteiger partial charge in [0.15, 0.2) is 0 Å². The average molecular weight is 321 g/mol. The van der Waals surface area contributed by atoms with Gasteiger partial charge in [-0.2, -0.15) is 0 Å². The molecule has 120 valence electrons. The number of ether oxygens (including phenoxy) is 1. The smallest absolute Gasteiger partial charge is 0.410 e. The Hall–Kier alpha value is -1.14. The minimum Gasteiger partial charge on any atom is -0.440 e. The quantitative estimate of drug-likeness (QED) is 0.839. The van der Waals surface area contributed by atoms with Crippen LogP contribution in [0.4, 0.5) is 4.79 Å². The van der Waals surface area contributed by atoms with Crippen LogP contribution < -0.4 is 0 Å². The lowest BCUT2D eigenvalue weighted by Crippen LogP contribution is -2.50. The van der Waals surface area contributed by atoms with E-state index in [9.17, 15) is 4.79 Å². The van der Waals surface area contributed by atoms with Crippen molar-refractivity contribution in [2.24, 2.45) is 0 Å². The minimum atomic E-state index is -0.291. The first-order chi connectivity index (χ1) is 10.6. The fourth-order valence-electron chi connectivity index (χ4n) is 3.99. The number of carbonyl (C=O) groups excluding carboxylic acids is 1. The van der Waals surface area contributed by atoms with Crippen LogP contribution in [0.25, 0.3) is 0 Å². The van der Waals surface area contributed by atoms with Crippen molar-refractivity contribution < 1.29 is 9.53 Å². The van der Waals surface area contributed by atoms with Crippen LogP contribution in [-0.2, 0) is 24.1 Å². The molecular weight excluding hydrogens is 298 g/mol. The second kappa shape index (κ2) is 5.49. The number of nitrogens with zero attached hydrogens (tertiary/aromatic N) is 3. The molecule has 1 aromatic rings. The zero-order valence-corrected chi connectivity index (χ0v) is 14.0. The lowest BCUT2D eigenvalue weighted by Gasteiger charge is -2.37. The van der Waals surface area contributed by atoms with E-state index in [4.69, 9.17) is 9.72 Å². The predicted octanol–water partition coefficient (Wildman–Crippen LogP) is 2.44. The standard InChI is InChI=1S/C16H23N3O2S/c1-18-10-16(21-15(18)20)7-4-8-19(11-16)9-14-17-12-5-2-3-6-13(12)22-14/h2-11H2,1H3. The van der Waals surface area contributed by atoms with Gasteiger partial charge in [-0.1, -0.05) is 0 Å². The molecule has 3 heterocycles. The summed E-state index contributed by atoms with van der Waals surface area (Å²) in [5.74, 6) is 0. The molecule has 0 saturated carbocycles. The van der Waals surface area contributed by atoms with Crippen LogP contribution in [0.1, 0.15) is 41.3 Å².